The molecule has 0 spiro atoms. The van der Waals surface area contributed by atoms with Gasteiger partial charge in [-0.05, 0) is 35.8 Å². The lowest BCUT2D eigenvalue weighted by molar-refractivity contribution is 0.265. The van der Waals surface area contributed by atoms with E-state index in [0.29, 0.717) is 12.5 Å². The number of aliphatic hydroxyl groups is 1. The maximum atomic E-state index is 9.09. The summed E-state index contributed by atoms with van der Waals surface area (Å²) in [4.78, 5) is 0. The van der Waals surface area contributed by atoms with E-state index in [1.807, 2.05) is 0 Å². The molecule has 70 valence electrons. The van der Waals surface area contributed by atoms with Crippen molar-refractivity contribution in [2.75, 3.05) is 6.61 Å². The molecule has 0 amide bonds. The number of rotatable bonds is 2. The molecule has 1 N–H and O–H groups in total. The fraction of sp³-hybridized carbons (Fsp3) is 0.500. The molecular formula is C12H16O. The van der Waals surface area contributed by atoms with Crippen LogP contribution in [-0.4, -0.2) is 11.7 Å². The Balaban J connectivity index is 2.32. The van der Waals surface area contributed by atoms with Crippen molar-refractivity contribution in [1.82, 2.24) is 0 Å². The largest absolute Gasteiger partial charge is 0.396 e. The second-order valence-corrected chi connectivity index (χ2v) is 4.32. The van der Waals surface area contributed by atoms with E-state index in [2.05, 4.69) is 38.1 Å². The Morgan fingerprint density at radius 1 is 1.46 bits per heavy atom. The summed E-state index contributed by atoms with van der Waals surface area (Å²) < 4.78 is 0. The van der Waals surface area contributed by atoms with Gasteiger partial charge in [-0.25, -0.2) is 0 Å². The summed E-state index contributed by atoms with van der Waals surface area (Å²) in [5.74, 6) is 0.480. The summed E-state index contributed by atoms with van der Waals surface area (Å²) >= 11 is 0. The van der Waals surface area contributed by atoms with Crippen LogP contribution in [-0.2, 0) is 5.41 Å². The van der Waals surface area contributed by atoms with Gasteiger partial charge in [-0.2, -0.15) is 0 Å². The van der Waals surface area contributed by atoms with Crippen molar-refractivity contribution >= 4 is 0 Å². The zero-order valence-electron chi connectivity index (χ0n) is 8.25. The SMILES string of the molecule is Cc1ccccc1C1(C)CC1CO. The molecule has 0 bridgehead atoms. The Hall–Kier alpha value is -0.820. The van der Waals surface area contributed by atoms with Crippen molar-refractivity contribution < 1.29 is 5.11 Å². The lowest BCUT2D eigenvalue weighted by atomic mass is 9.92. The first-order valence-corrected chi connectivity index (χ1v) is 4.85. The molecule has 0 aliphatic heterocycles. The van der Waals surface area contributed by atoms with Gasteiger partial charge in [0.15, 0.2) is 0 Å². The molecule has 0 heterocycles. The highest BCUT2D eigenvalue weighted by molar-refractivity contribution is 5.38. The van der Waals surface area contributed by atoms with E-state index in [0.717, 1.165) is 6.42 Å². The minimum absolute atomic E-state index is 0.250. The molecule has 0 saturated heterocycles. The first-order chi connectivity index (χ1) is 6.18. The minimum atomic E-state index is 0.250. The first-order valence-electron chi connectivity index (χ1n) is 4.85. The maximum Gasteiger partial charge on any atom is 0.0468 e. The number of hydrogen-bond donors (Lipinski definition) is 1. The van der Waals surface area contributed by atoms with E-state index >= 15 is 0 Å². The zero-order valence-corrected chi connectivity index (χ0v) is 8.25. The van der Waals surface area contributed by atoms with Crippen LogP contribution < -0.4 is 0 Å². The van der Waals surface area contributed by atoms with Crippen molar-refractivity contribution in [2.45, 2.75) is 25.7 Å². The molecular weight excluding hydrogens is 160 g/mol. The van der Waals surface area contributed by atoms with Crippen molar-refractivity contribution in [3.63, 3.8) is 0 Å². The highest BCUT2D eigenvalue weighted by Gasteiger charge is 2.50. The molecule has 1 aromatic carbocycles. The van der Waals surface area contributed by atoms with Gasteiger partial charge in [-0.15, -0.1) is 0 Å². The lowest BCUT2D eigenvalue weighted by Gasteiger charge is -2.13. The molecule has 1 heteroatoms. The minimum Gasteiger partial charge on any atom is -0.396 e. The van der Waals surface area contributed by atoms with Crippen LogP contribution in [0.4, 0.5) is 0 Å². The molecule has 2 atom stereocenters. The lowest BCUT2D eigenvalue weighted by Crippen LogP contribution is -2.08. The molecule has 1 aliphatic rings. The van der Waals surface area contributed by atoms with Gasteiger partial charge < -0.3 is 5.11 Å². The third-order valence-electron chi connectivity index (χ3n) is 3.39. The molecule has 1 fully saturated rings. The zero-order chi connectivity index (χ0) is 9.47. The highest BCUT2D eigenvalue weighted by atomic mass is 16.3. The third-order valence-corrected chi connectivity index (χ3v) is 3.39. The summed E-state index contributed by atoms with van der Waals surface area (Å²) in [5, 5.41) is 9.09. The number of aryl methyl sites for hydroxylation is 1. The van der Waals surface area contributed by atoms with E-state index in [1.54, 1.807) is 0 Å². The molecule has 1 saturated carbocycles. The predicted octanol–water partition coefficient (Wildman–Crippen LogP) is 2.26. The van der Waals surface area contributed by atoms with E-state index in [9.17, 15) is 0 Å². The van der Waals surface area contributed by atoms with Crippen LogP contribution in [0.3, 0.4) is 0 Å². The van der Waals surface area contributed by atoms with Crippen LogP contribution >= 0.6 is 0 Å². The predicted molar refractivity (Wildman–Crippen MR) is 53.7 cm³/mol. The summed E-state index contributed by atoms with van der Waals surface area (Å²) in [6.45, 7) is 4.72. The van der Waals surface area contributed by atoms with Gasteiger partial charge in [0.1, 0.15) is 0 Å². The molecule has 1 aliphatic carbocycles. The van der Waals surface area contributed by atoms with Crippen LogP contribution in [0.15, 0.2) is 24.3 Å². The Bertz CT molecular complexity index is 319. The van der Waals surface area contributed by atoms with E-state index in [4.69, 9.17) is 5.11 Å². The van der Waals surface area contributed by atoms with Gasteiger partial charge in [-0.3, -0.25) is 0 Å². The molecule has 1 aromatic rings. The van der Waals surface area contributed by atoms with Crippen LogP contribution in [0.5, 0.6) is 0 Å². The summed E-state index contributed by atoms with van der Waals surface area (Å²) in [6.07, 6.45) is 1.13. The fourth-order valence-corrected chi connectivity index (χ4v) is 2.26. The van der Waals surface area contributed by atoms with Crippen molar-refractivity contribution in [2.24, 2.45) is 5.92 Å². The number of hydrogen-bond acceptors (Lipinski definition) is 1. The van der Waals surface area contributed by atoms with Gasteiger partial charge in [-0.1, -0.05) is 31.2 Å². The smallest absolute Gasteiger partial charge is 0.0468 e. The van der Waals surface area contributed by atoms with Crippen LogP contribution in [0, 0.1) is 12.8 Å². The standard InChI is InChI=1S/C12H16O/c1-9-5-3-4-6-11(9)12(2)7-10(12)8-13/h3-6,10,13H,7-8H2,1-2H3. The number of aliphatic hydroxyl groups excluding tert-OH is 1. The van der Waals surface area contributed by atoms with Crippen LogP contribution in [0.1, 0.15) is 24.5 Å². The van der Waals surface area contributed by atoms with Crippen LogP contribution in [0.2, 0.25) is 0 Å². The van der Waals surface area contributed by atoms with E-state index < -0.39 is 0 Å². The van der Waals surface area contributed by atoms with Crippen molar-refractivity contribution in [3.05, 3.63) is 35.4 Å². The Kier molecular flexibility index (Phi) is 1.92. The average molecular weight is 176 g/mol. The molecule has 2 rings (SSSR count). The van der Waals surface area contributed by atoms with E-state index in [-0.39, 0.29) is 5.41 Å². The van der Waals surface area contributed by atoms with Gasteiger partial charge in [0.2, 0.25) is 0 Å². The third kappa shape index (κ3) is 1.28. The molecule has 2 unspecified atom stereocenters. The van der Waals surface area contributed by atoms with Crippen molar-refractivity contribution in [1.29, 1.82) is 0 Å². The topological polar surface area (TPSA) is 20.2 Å². The average Bonchev–Trinajstić information content (AvgIpc) is 2.79. The summed E-state index contributed by atoms with van der Waals surface area (Å²) in [5.41, 5.74) is 3.01. The Labute approximate surface area is 79.4 Å². The highest BCUT2D eigenvalue weighted by Crippen LogP contribution is 2.54. The van der Waals surface area contributed by atoms with Gasteiger partial charge in [0, 0.05) is 6.61 Å². The Morgan fingerprint density at radius 2 is 2.15 bits per heavy atom. The van der Waals surface area contributed by atoms with Crippen molar-refractivity contribution in [3.8, 4) is 0 Å². The summed E-state index contributed by atoms with van der Waals surface area (Å²) in [6, 6.07) is 8.48. The molecule has 1 nitrogen and oxygen atoms in total. The second-order valence-electron chi connectivity index (χ2n) is 4.32. The fourth-order valence-electron chi connectivity index (χ4n) is 2.26. The van der Waals surface area contributed by atoms with Gasteiger partial charge in [0.25, 0.3) is 0 Å². The maximum absolute atomic E-state index is 9.09. The normalized spacial score (nSPS) is 31.8. The molecule has 0 radical (unpaired) electrons. The monoisotopic (exact) mass is 176 g/mol. The van der Waals surface area contributed by atoms with Gasteiger partial charge >= 0.3 is 0 Å². The Morgan fingerprint density at radius 3 is 2.69 bits per heavy atom. The van der Waals surface area contributed by atoms with E-state index in [1.165, 1.54) is 11.1 Å². The first kappa shape index (κ1) is 8.76. The number of benzene rings is 1. The van der Waals surface area contributed by atoms with Crippen LogP contribution in [0.25, 0.3) is 0 Å². The molecule has 13 heavy (non-hydrogen) atoms. The van der Waals surface area contributed by atoms with Gasteiger partial charge in [0.05, 0.1) is 0 Å². The summed E-state index contributed by atoms with van der Waals surface area (Å²) in [7, 11) is 0. The molecule has 0 aromatic heterocycles. The second kappa shape index (κ2) is 2.85. The quantitative estimate of drug-likeness (QED) is 0.733.